The van der Waals surface area contributed by atoms with Crippen LogP contribution in [0, 0.1) is 23.2 Å². The molecular formula is C46H73N13O10. The van der Waals surface area contributed by atoms with E-state index in [0.29, 0.717) is 36.9 Å². The van der Waals surface area contributed by atoms with Crippen LogP contribution in [0.3, 0.4) is 0 Å². The Morgan fingerprint density at radius 2 is 1.42 bits per heavy atom. The van der Waals surface area contributed by atoms with E-state index in [4.69, 9.17) is 11.1 Å². The minimum absolute atomic E-state index is 0.0383. The van der Waals surface area contributed by atoms with E-state index in [1.165, 1.54) is 23.4 Å². The first-order valence-corrected chi connectivity index (χ1v) is 23.5. The number of rotatable bonds is 28. The van der Waals surface area contributed by atoms with Crippen molar-refractivity contribution in [3.63, 3.8) is 0 Å². The van der Waals surface area contributed by atoms with Crippen LogP contribution in [0.5, 0.6) is 5.75 Å². The summed E-state index contributed by atoms with van der Waals surface area (Å²) in [5, 5.41) is 48.9. The SMILES string of the molecule is CC[C@H](C)[C@H](NC(=O)[C@@H]1CCCN1C(=O)[C@H](Cc1c[nH]cn1)NC(=O)[C@@H](NC(=O)[C@H](Cc1ccc(O)cc1)NC(=O)[C@@H](NC(=O)[C@H](CCCNC(=N)N)NC(=O)CNC)C(C)C)[C@@H](C)CC)C(=O)O. The molecule has 9 atom stereocenters. The number of carboxylic acid groups (broad SMARTS) is 1. The molecule has 7 amide bonds. The van der Waals surface area contributed by atoms with Gasteiger partial charge in [-0.3, -0.25) is 39.0 Å². The Labute approximate surface area is 402 Å². The Morgan fingerprint density at radius 3 is 2.00 bits per heavy atom. The number of amides is 7. The quantitative estimate of drug-likeness (QED) is 0.0280. The number of likely N-dealkylation sites (N-methyl/N-ethyl adjacent to an activating group) is 1. The molecule has 1 saturated heterocycles. The lowest BCUT2D eigenvalue weighted by atomic mass is 9.96. The molecule has 1 aromatic carbocycles. The molecule has 382 valence electrons. The Kier molecular flexibility index (Phi) is 22.9. The van der Waals surface area contributed by atoms with Crippen molar-refractivity contribution in [2.24, 2.45) is 23.5 Å². The monoisotopic (exact) mass is 968 g/mol. The van der Waals surface area contributed by atoms with Crippen LogP contribution < -0.4 is 48.3 Å². The number of phenolic OH excluding ortho intramolecular Hbond substituents is 1. The first kappa shape index (κ1) is 56.5. The first-order chi connectivity index (χ1) is 32.7. The number of nitrogens with zero attached hydrogens (tertiary/aromatic N) is 2. The van der Waals surface area contributed by atoms with E-state index in [0.717, 1.165) is 0 Å². The molecule has 0 saturated carbocycles. The van der Waals surface area contributed by atoms with Crippen molar-refractivity contribution >= 4 is 53.3 Å². The zero-order chi connectivity index (χ0) is 51.4. The third kappa shape index (κ3) is 17.7. The van der Waals surface area contributed by atoms with Crippen molar-refractivity contribution in [1.29, 1.82) is 5.41 Å². The van der Waals surface area contributed by atoms with Crippen molar-refractivity contribution in [2.75, 3.05) is 26.7 Å². The van der Waals surface area contributed by atoms with Gasteiger partial charge >= 0.3 is 5.97 Å². The highest BCUT2D eigenvalue weighted by Crippen LogP contribution is 2.22. The van der Waals surface area contributed by atoms with Crippen LogP contribution in [0.1, 0.15) is 91.3 Å². The van der Waals surface area contributed by atoms with Gasteiger partial charge in [-0.25, -0.2) is 9.78 Å². The van der Waals surface area contributed by atoms with Crippen LogP contribution in [-0.2, 0) is 51.2 Å². The Morgan fingerprint density at radius 1 is 0.812 bits per heavy atom. The highest BCUT2D eigenvalue weighted by Gasteiger charge is 2.41. The molecule has 23 heteroatoms. The maximum absolute atomic E-state index is 14.5. The number of hydrogen-bond donors (Lipinski definition) is 13. The van der Waals surface area contributed by atoms with E-state index >= 15 is 0 Å². The number of phenols is 1. The van der Waals surface area contributed by atoms with Gasteiger partial charge in [0.2, 0.25) is 41.4 Å². The largest absolute Gasteiger partial charge is 0.508 e. The standard InChI is InChI=1S/C46H73N13O10/c1-8-26(5)37(43(66)55-33(21-29-22-50-24-52-29)44(67)59-19-11-13-34(59)41(64)58-38(45(68)69)27(6)9-2)57-40(63)32(20-28-14-16-30(60)17-15-28)54-42(65)36(25(3)4)56-39(62)31(53-35(61)23-49-7)12-10-18-51-46(47)48/h14-17,22,24-27,31-34,36-38,49,60H,8-13,18-21,23H2,1-7H3,(H,50,52)(H,53,61)(H,54,65)(H,55,66)(H,56,62)(H,57,63)(H,58,64)(H,68,69)(H4,47,48,51)/t26-,27-,31-,32-,33-,34-,36-,37-,38-/m0/s1. The molecular weight excluding hydrogens is 895 g/mol. The Hall–Kier alpha value is -6.78. The summed E-state index contributed by atoms with van der Waals surface area (Å²) in [6.45, 7) is 10.7. The molecule has 0 aliphatic carbocycles. The number of likely N-dealkylation sites (tertiary alicyclic amines) is 1. The third-order valence-corrected chi connectivity index (χ3v) is 12.2. The summed E-state index contributed by atoms with van der Waals surface area (Å²) in [4.78, 5) is 118. The number of carboxylic acids is 1. The molecule has 69 heavy (non-hydrogen) atoms. The highest BCUT2D eigenvalue weighted by molar-refractivity contribution is 5.98. The number of H-pyrrole nitrogens is 1. The van der Waals surface area contributed by atoms with E-state index < -0.39 is 101 Å². The fourth-order valence-electron chi connectivity index (χ4n) is 7.80. The van der Waals surface area contributed by atoms with Gasteiger partial charge in [-0.05, 0) is 68.2 Å². The molecule has 0 radical (unpaired) electrons. The van der Waals surface area contributed by atoms with E-state index in [1.54, 1.807) is 66.9 Å². The van der Waals surface area contributed by atoms with Crippen molar-refractivity contribution in [3.8, 4) is 5.75 Å². The molecule has 3 rings (SSSR count). The lowest BCUT2D eigenvalue weighted by Crippen LogP contribution is -2.62. The van der Waals surface area contributed by atoms with E-state index in [1.807, 2.05) is 0 Å². The van der Waals surface area contributed by atoms with Gasteiger partial charge < -0.3 is 68.4 Å². The average Bonchev–Trinajstić information content (AvgIpc) is 4.02. The average molecular weight is 968 g/mol. The van der Waals surface area contributed by atoms with Crippen LogP contribution in [0.25, 0.3) is 0 Å². The number of aromatic amines is 1. The number of aromatic nitrogens is 2. The lowest BCUT2D eigenvalue weighted by Gasteiger charge is -2.32. The fraction of sp³-hybridized carbons (Fsp3) is 0.609. The van der Waals surface area contributed by atoms with Crippen LogP contribution in [0.2, 0.25) is 0 Å². The van der Waals surface area contributed by atoms with Crippen LogP contribution in [0.15, 0.2) is 36.8 Å². The van der Waals surface area contributed by atoms with E-state index in [9.17, 15) is 48.6 Å². The molecule has 1 aromatic heterocycles. The normalized spacial score (nSPS) is 16.9. The molecule has 2 heterocycles. The van der Waals surface area contributed by atoms with Crippen LogP contribution >= 0.6 is 0 Å². The summed E-state index contributed by atoms with van der Waals surface area (Å²) in [5.41, 5.74) is 6.33. The Balaban J connectivity index is 1.92. The lowest BCUT2D eigenvalue weighted by molar-refractivity contribution is -0.146. The summed E-state index contributed by atoms with van der Waals surface area (Å²) in [6.07, 6.45) is 4.80. The van der Waals surface area contributed by atoms with Crippen molar-refractivity contribution in [1.82, 2.24) is 57.4 Å². The van der Waals surface area contributed by atoms with Gasteiger partial charge in [0.1, 0.15) is 48.0 Å². The zero-order valence-electron chi connectivity index (χ0n) is 40.6. The second-order valence-corrected chi connectivity index (χ2v) is 17.9. The smallest absolute Gasteiger partial charge is 0.326 e. The third-order valence-electron chi connectivity index (χ3n) is 12.2. The van der Waals surface area contributed by atoms with Gasteiger partial charge in [-0.1, -0.05) is 66.5 Å². The fourth-order valence-corrected chi connectivity index (χ4v) is 7.80. The molecule has 0 unspecified atom stereocenters. The summed E-state index contributed by atoms with van der Waals surface area (Å²) in [6, 6.07) is -2.41. The van der Waals surface area contributed by atoms with Crippen molar-refractivity contribution in [3.05, 3.63) is 48.0 Å². The molecule has 14 N–H and O–H groups in total. The number of nitrogens with two attached hydrogens (primary N) is 1. The minimum Gasteiger partial charge on any atom is -0.508 e. The van der Waals surface area contributed by atoms with Crippen LogP contribution in [0.4, 0.5) is 0 Å². The second kappa shape index (κ2) is 27.9. The summed E-state index contributed by atoms with van der Waals surface area (Å²) in [7, 11) is 1.57. The van der Waals surface area contributed by atoms with Gasteiger partial charge in [0.25, 0.3) is 0 Å². The predicted molar refractivity (Wildman–Crippen MR) is 255 cm³/mol. The van der Waals surface area contributed by atoms with Gasteiger partial charge in [-0.15, -0.1) is 0 Å². The molecule has 1 aliphatic heterocycles. The molecule has 0 bridgehead atoms. The number of carbonyl (C=O) groups is 8. The number of guanidine groups is 1. The number of nitrogens with one attached hydrogen (secondary N) is 10. The number of benzene rings is 1. The van der Waals surface area contributed by atoms with E-state index in [2.05, 4.69) is 52.5 Å². The van der Waals surface area contributed by atoms with Crippen molar-refractivity contribution < 1.29 is 48.6 Å². The predicted octanol–water partition coefficient (Wildman–Crippen LogP) is -0.884. The van der Waals surface area contributed by atoms with Gasteiger partial charge in [-0.2, -0.15) is 0 Å². The minimum atomic E-state index is -1.35. The van der Waals surface area contributed by atoms with Gasteiger partial charge in [0.15, 0.2) is 5.96 Å². The van der Waals surface area contributed by atoms with E-state index in [-0.39, 0.29) is 62.9 Å². The van der Waals surface area contributed by atoms with Crippen molar-refractivity contribution in [2.45, 2.75) is 135 Å². The zero-order valence-corrected chi connectivity index (χ0v) is 40.6. The topological polar surface area (TPSA) is 355 Å². The van der Waals surface area contributed by atoms with Gasteiger partial charge in [0.05, 0.1) is 18.6 Å². The Bertz CT molecular complexity index is 2050. The number of aliphatic carboxylic acids is 1. The summed E-state index contributed by atoms with van der Waals surface area (Å²) >= 11 is 0. The molecule has 2 aromatic rings. The number of aromatic hydroxyl groups is 1. The highest BCUT2D eigenvalue weighted by atomic mass is 16.4. The molecule has 1 fully saturated rings. The second-order valence-electron chi connectivity index (χ2n) is 17.9. The summed E-state index contributed by atoms with van der Waals surface area (Å²) < 4.78 is 0. The molecule has 1 aliphatic rings. The van der Waals surface area contributed by atoms with Gasteiger partial charge in [0, 0.05) is 32.1 Å². The number of imidazole rings is 1. The summed E-state index contributed by atoms with van der Waals surface area (Å²) in [5.74, 6) is -7.56. The first-order valence-electron chi connectivity index (χ1n) is 23.5. The maximum Gasteiger partial charge on any atom is 0.326 e. The van der Waals surface area contributed by atoms with Crippen LogP contribution in [-0.4, -0.2) is 147 Å². The molecule has 0 spiro atoms. The molecule has 23 nitrogen and oxygen atoms in total. The maximum atomic E-state index is 14.5. The number of hydrogen-bond acceptors (Lipinski definition) is 12. The number of carbonyl (C=O) groups excluding carboxylic acids is 7.